The summed E-state index contributed by atoms with van der Waals surface area (Å²) in [5.74, 6) is -8.65. The molecule has 2 fully saturated rings. The molecular weight excluding hydrogens is 1150 g/mol. The summed E-state index contributed by atoms with van der Waals surface area (Å²) in [6.45, 7) is 8.70. The number of benzene rings is 2. The topological polar surface area (TPSA) is 441 Å². The molecule has 0 radical (unpaired) electrons. The van der Waals surface area contributed by atoms with Gasteiger partial charge in [0.2, 0.25) is 59.1 Å². The number of amides is 10. The summed E-state index contributed by atoms with van der Waals surface area (Å²) in [6.07, 6.45) is 1.76. The van der Waals surface area contributed by atoms with Gasteiger partial charge in [-0.1, -0.05) is 44.2 Å². The second kappa shape index (κ2) is 32.7. The minimum Gasteiger partial charge on any atom is -0.508 e. The largest absolute Gasteiger partial charge is 0.508 e. The van der Waals surface area contributed by atoms with Crippen LogP contribution in [0.3, 0.4) is 0 Å². The highest BCUT2D eigenvalue weighted by molar-refractivity contribution is 5.99. The average molecular weight is 1240 g/mol. The van der Waals surface area contributed by atoms with Crippen molar-refractivity contribution in [3.05, 3.63) is 84.1 Å². The number of hydrogen-bond donors (Lipinski definition) is 15. The van der Waals surface area contributed by atoms with Crippen LogP contribution in [0, 0.1) is 5.92 Å². The van der Waals surface area contributed by atoms with Crippen LogP contribution in [0.25, 0.3) is 10.9 Å². The van der Waals surface area contributed by atoms with Crippen molar-refractivity contribution < 1.29 is 65.6 Å². The highest BCUT2D eigenvalue weighted by Crippen LogP contribution is 2.22. The van der Waals surface area contributed by atoms with E-state index in [0.717, 1.165) is 4.90 Å². The molecule has 10 amide bonds. The Kier molecular flexibility index (Phi) is 24.2. The molecule has 2 aliphatic heterocycles. The van der Waals surface area contributed by atoms with Gasteiger partial charge in [-0.05, 0) is 101 Å². The maximum absolute atomic E-state index is 14.8. The van der Waals surface area contributed by atoms with Crippen LogP contribution in [0.4, 0.5) is 0 Å². The predicted octanol–water partition coefficient (Wildman–Crippen LogP) is -1.67. The number of nitrogens with zero attached hydrogens (tertiary/aromatic N) is 3. The van der Waals surface area contributed by atoms with E-state index in [2.05, 4.69) is 67.8 Å². The molecule has 0 spiro atoms. The molecular formula is C60H86N16O13. The Morgan fingerprint density at radius 3 is 2.01 bits per heavy atom. The smallest absolute Gasteiger partial charge is 0.245 e. The number of hydrogen-bond acceptors (Lipinski definition) is 15. The Balaban J connectivity index is 1.25. The van der Waals surface area contributed by atoms with Crippen molar-refractivity contribution in [2.45, 2.75) is 166 Å². The first-order valence-electron chi connectivity index (χ1n) is 30.7. The lowest BCUT2D eigenvalue weighted by Gasteiger charge is -2.31. The van der Waals surface area contributed by atoms with Crippen molar-refractivity contribution in [3.8, 4) is 5.75 Å². The van der Waals surface area contributed by atoms with E-state index in [1.807, 2.05) is 0 Å². The number of nitrogens with two attached hydrogens (primary N) is 2. The summed E-state index contributed by atoms with van der Waals surface area (Å²) in [5, 5.41) is 45.4. The number of carbonyl (C=O) groups is 10. The molecule has 0 saturated carbocycles. The van der Waals surface area contributed by atoms with E-state index in [-0.39, 0.29) is 94.5 Å². The monoisotopic (exact) mass is 1240 g/mol. The molecule has 11 atom stereocenters. The molecule has 6 rings (SSSR count). The Bertz CT molecular complexity index is 3210. The number of H-pyrrole nitrogens is 2. The first kappa shape index (κ1) is 65.8. The van der Waals surface area contributed by atoms with Crippen molar-refractivity contribution in [1.29, 1.82) is 0 Å². The fraction of sp³-hybridized carbons (Fsp3) is 0.533. The van der Waals surface area contributed by atoms with Crippen LogP contribution in [0.1, 0.15) is 106 Å². The Morgan fingerprint density at radius 1 is 0.787 bits per heavy atom. The van der Waals surface area contributed by atoms with E-state index in [9.17, 15) is 58.2 Å². The van der Waals surface area contributed by atoms with Gasteiger partial charge in [0.05, 0.1) is 25.1 Å². The Morgan fingerprint density at radius 2 is 1.39 bits per heavy atom. The Labute approximate surface area is 518 Å². The lowest BCUT2D eigenvalue weighted by Crippen LogP contribution is -2.62. The number of aromatic hydroxyl groups is 1. The quantitative estimate of drug-likeness (QED) is 0.0148. The van der Waals surface area contributed by atoms with Crippen molar-refractivity contribution in [3.63, 3.8) is 0 Å². The SMILES string of the molecule is [2H]C1CN(C(=O)[C@H](CCCN=C(N)N)NC(=O)[C@H](CC(C)C)NC(=O)[C@@H](COC(C)(C)C)NC(=O)[C@H](Cc2ccc(O)cc2)NC(=O)[C@H](CO)NC(=O)[C@H](Cc2c[nH]c3ccccc23)NC(=O)[C@H](Cc2cnc[nH]2)NC(=O)[C@@H]2CCC(=O)N2)[C@H](C(=O)NCC)C1[2H]. The first-order valence-corrected chi connectivity index (χ1v) is 29.6. The highest BCUT2D eigenvalue weighted by Gasteiger charge is 2.40. The van der Waals surface area contributed by atoms with Crippen molar-refractivity contribution in [2.75, 3.05) is 32.8 Å². The fourth-order valence-electron chi connectivity index (χ4n) is 9.98. The van der Waals surface area contributed by atoms with Crippen molar-refractivity contribution in [1.82, 2.24) is 67.7 Å². The molecule has 2 aromatic carbocycles. The van der Waals surface area contributed by atoms with Crippen LogP contribution in [0.15, 0.2) is 72.2 Å². The highest BCUT2D eigenvalue weighted by atomic mass is 16.5. The van der Waals surface area contributed by atoms with Crippen molar-refractivity contribution >= 4 is 75.9 Å². The fourth-order valence-corrected chi connectivity index (χ4v) is 9.98. The minimum absolute atomic E-state index is 0.00807. The number of rotatable bonds is 32. The molecule has 4 heterocycles. The summed E-state index contributed by atoms with van der Waals surface area (Å²) in [7, 11) is 0. The molecule has 2 aromatic heterocycles. The summed E-state index contributed by atoms with van der Waals surface area (Å²) >= 11 is 0. The summed E-state index contributed by atoms with van der Waals surface area (Å²) < 4.78 is 23.1. The zero-order chi connectivity index (χ0) is 66.7. The molecule has 4 aromatic rings. The number of likely N-dealkylation sites (tertiary alicyclic amines) is 1. The van der Waals surface area contributed by atoms with Gasteiger partial charge in [-0.3, -0.25) is 52.9 Å². The Hall–Kier alpha value is -9.12. The number of aromatic amines is 2. The van der Waals surface area contributed by atoms with E-state index in [4.69, 9.17) is 18.9 Å². The lowest BCUT2D eigenvalue weighted by atomic mass is 10.0. The molecule has 0 aliphatic carbocycles. The normalized spacial score (nSPS) is 19.1. The van der Waals surface area contributed by atoms with Gasteiger partial charge < -0.3 is 89.1 Å². The molecule has 2 saturated heterocycles. The number of aliphatic imine (C=N–C) groups is 1. The standard InChI is InChI=1S/C60H86N16O13/c1-7-64-57(87)48-15-11-23-76(48)58(88)41(14-10-22-65-59(61)62)69-51(81)42(24-33(2)3)70-56(86)47(31-89-60(4,5)6)75-52(82)43(25-34-16-18-37(78)19-17-34)71-55(85)46(30-77)74-53(83)44(26-35-28-66-39-13-9-8-12-38(35)39)72-54(84)45(27-36-29-63-32-67-36)73-50(80)40-20-21-49(79)68-40/h8-9,12-13,16-19,28-29,32-33,40-48,66,77-78H,7,10-11,14-15,20-27,30-31H2,1-6H3,(H,63,67)(H,64,87)(H,68,79)(H,69,81)(H,70,86)(H,71,85)(H,72,84)(H,73,80)(H,74,83)(H,75,82)(H4,61,62,65)/t40-,41-,42-,43-,44-,45-,46-,47+,48-/m0/s1/i11D,15D/t11?,15?,40-,41-,42-,43-,44-,45-,46-,47+,48-. The zero-order valence-corrected chi connectivity index (χ0v) is 50.9. The summed E-state index contributed by atoms with van der Waals surface area (Å²) in [6, 6.07) is -0.0663. The van der Waals surface area contributed by atoms with E-state index in [1.165, 1.54) is 36.8 Å². The molecule has 17 N–H and O–H groups in total. The van der Waals surface area contributed by atoms with Crippen LogP contribution in [-0.4, -0.2) is 188 Å². The van der Waals surface area contributed by atoms with Gasteiger partial charge in [0.15, 0.2) is 5.96 Å². The van der Waals surface area contributed by atoms with E-state index >= 15 is 0 Å². The number of guanidine groups is 1. The third kappa shape index (κ3) is 21.0. The molecule has 484 valence electrons. The molecule has 0 bridgehead atoms. The van der Waals surface area contributed by atoms with Crippen LogP contribution in [-0.2, 0) is 71.9 Å². The number of phenolic OH excluding ortho intramolecular Hbond substituents is 1. The number of aliphatic hydroxyl groups is 1. The molecule has 2 unspecified atom stereocenters. The van der Waals surface area contributed by atoms with Crippen LogP contribution < -0.4 is 59.3 Å². The van der Waals surface area contributed by atoms with Gasteiger partial charge in [-0.25, -0.2) is 4.98 Å². The van der Waals surface area contributed by atoms with Gasteiger partial charge in [0.1, 0.15) is 60.1 Å². The number of fused-ring (bicyclic) bond motifs is 1. The van der Waals surface area contributed by atoms with Crippen LogP contribution in [0.5, 0.6) is 5.75 Å². The van der Waals surface area contributed by atoms with Gasteiger partial charge in [0, 0.05) is 77.0 Å². The number of likely N-dealkylation sites (N-methyl/N-ethyl adjacent to an activating group) is 1. The maximum Gasteiger partial charge on any atom is 0.245 e. The van der Waals surface area contributed by atoms with Gasteiger partial charge in [0.25, 0.3) is 0 Å². The third-order valence-corrected chi connectivity index (χ3v) is 14.6. The first-order chi connectivity index (χ1) is 43.1. The lowest BCUT2D eigenvalue weighted by molar-refractivity contribution is -0.142. The van der Waals surface area contributed by atoms with Crippen molar-refractivity contribution in [2.24, 2.45) is 22.4 Å². The van der Waals surface area contributed by atoms with Gasteiger partial charge in [-0.15, -0.1) is 0 Å². The van der Waals surface area contributed by atoms with Gasteiger partial charge in [-0.2, -0.15) is 0 Å². The number of nitrogens with one attached hydrogen (secondary N) is 11. The number of imidazole rings is 1. The maximum atomic E-state index is 14.8. The number of aliphatic hydroxyl groups excluding tert-OH is 1. The average Bonchev–Trinajstić information content (AvgIpc) is 1.76. The zero-order valence-electron chi connectivity index (χ0n) is 52.9. The number of ether oxygens (including phenoxy) is 1. The number of aromatic nitrogens is 3. The number of carbonyl (C=O) groups excluding carboxylic acids is 10. The molecule has 2 aliphatic rings. The van der Waals surface area contributed by atoms with Gasteiger partial charge >= 0.3 is 0 Å². The van der Waals surface area contributed by atoms with Crippen LogP contribution >= 0.6 is 0 Å². The molecule has 29 nitrogen and oxygen atoms in total. The number of phenols is 1. The number of para-hydroxylation sites is 1. The molecule has 89 heavy (non-hydrogen) atoms. The summed E-state index contributed by atoms with van der Waals surface area (Å²) in [4.78, 5) is 156. The third-order valence-electron chi connectivity index (χ3n) is 14.6. The van der Waals surface area contributed by atoms with Crippen LogP contribution in [0.2, 0.25) is 0 Å². The minimum atomic E-state index is -1.80. The van der Waals surface area contributed by atoms with E-state index < -0.39 is 139 Å². The van der Waals surface area contributed by atoms with E-state index in [0.29, 0.717) is 27.7 Å². The predicted molar refractivity (Wildman–Crippen MR) is 326 cm³/mol. The molecule has 29 heteroatoms. The van der Waals surface area contributed by atoms with E-state index in [1.54, 1.807) is 72.0 Å². The summed E-state index contributed by atoms with van der Waals surface area (Å²) in [5.41, 5.74) is 12.3. The second-order valence-electron chi connectivity index (χ2n) is 23.2. The second-order valence-corrected chi connectivity index (χ2v) is 23.2.